The highest BCUT2D eigenvalue weighted by Crippen LogP contribution is 2.14. The zero-order valence-electron chi connectivity index (χ0n) is 7.32. The zero-order valence-corrected chi connectivity index (χ0v) is 8.13. The molecule has 1 saturated heterocycles. The lowest BCUT2D eigenvalue weighted by molar-refractivity contribution is -0.131. The van der Waals surface area contributed by atoms with Crippen LogP contribution in [0.25, 0.3) is 0 Å². The maximum Gasteiger partial charge on any atom is 0.279 e. The second-order valence-corrected chi connectivity index (χ2v) is 3.77. The number of amides is 2. The van der Waals surface area contributed by atoms with Gasteiger partial charge in [-0.2, -0.15) is 0 Å². The van der Waals surface area contributed by atoms with E-state index < -0.39 is 6.04 Å². The van der Waals surface area contributed by atoms with Crippen molar-refractivity contribution in [3.05, 3.63) is 0 Å². The molecule has 0 spiro atoms. The van der Waals surface area contributed by atoms with Crippen LogP contribution in [0.3, 0.4) is 0 Å². The number of hydrogen-bond acceptors (Lipinski definition) is 4. The van der Waals surface area contributed by atoms with Gasteiger partial charge < -0.3 is 15.3 Å². The lowest BCUT2D eigenvalue weighted by Crippen LogP contribution is -2.44. The van der Waals surface area contributed by atoms with Gasteiger partial charge in [-0.05, 0) is 0 Å². The number of likely N-dealkylation sites (N-methyl/N-ethyl adjacent to an activating group) is 1. The molecule has 1 unspecified atom stereocenters. The fraction of sp³-hybridized carbons (Fsp3) is 0.714. The van der Waals surface area contributed by atoms with Crippen molar-refractivity contribution in [3.63, 3.8) is 0 Å². The van der Waals surface area contributed by atoms with E-state index in [-0.39, 0.29) is 17.8 Å². The summed E-state index contributed by atoms with van der Waals surface area (Å²) in [6.07, 6.45) is 0. The van der Waals surface area contributed by atoms with E-state index >= 15 is 0 Å². The van der Waals surface area contributed by atoms with Gasteiger partial charge >= 0.3 is 0 Å². The summed E-state index contributed by atoms with van der Waals surface area (Å²) in [4.78, 5) is 23.7. The van der Waals surface area contributed by atoms with Gasteiger partial charge in [0.15, 0.2) is 0 Å². The maximum atomic E-state index is 11.5. The maximum absolute atomic E-state index is 11.5. The number of aliphatic hydroxyl groups excluding tert-OH is 1. The number of carbonyl (C=O) groups excluding carboxylic acids is 2. The highest BCUT2D eigenvalue weighted by atomic mass is 32.2. The summed E-state index contributed by atoms with van der Waals surface area (Å²) >= 11 is 1.11. The molecule has 0 aromatic carbocycles. The Labute approximate surface area is 80.5 Å². The molecule has 0 saturated carbocycles. The summed E-state index contributed by atoms with van der Waals surface area (Å²) in [5, 5.41) is 11.0. The van der Waals surface area contributed by atoms with E-state index in [1.54, 1.807) is 7.05 Å². The molecule has 1 aliphatic rings. The van der Waals surface area contributed by atoms with Gasteiger partial charge in [-0.3, -0.25) is 9.59 Å². The third-order valence-corrected chi connectivity index (χ3v) is 2.66. The van der Waals surface area contributed by atoms with Gasteiger partial charge in [0.2, 0.25) is 5.91 Å². The van der Waals surface area contributed by atoms with Crippen LogP contribution in [0.15, 0.2) is 0 Å². The van der Waals surface area contributed by atoms with Gasteiger partial charge in [-0.1, -0.05) is 11.8 Å². The number of hydrogen-bond donors (Lipinski definition) is 2. The second-order valence-electron chi connectivity index (χ2n) is 2.78. The summed E-state index contributed by atoms with van der Waals surface area (Å²) < 4.78 is 0. The number of nitrogens with one attached hydrogen (secondary N) is 1. The van der Waals surface area contributed by atoms with Crippen LogP contribution in [-0.2, 0) is 4.79 Å². The lowest BCUT2D eigenvalue weighted by Gasteiger charge is -2.19. The summed E-state index contributed by atoms with van der Waals surface area (Å²) in [5.74, 6) is 0.334. The Balaban J connectivity index is 2.43. The first-order valence-electron chi connectivity index (χ1n) is 3.94. The van der Waals surface area contributed by atoms with E-state index in [0.29, 0.717) is 12.3 Å². The average molecular weight is 204 g/mol. The van der Waals surface area contributed by atoms with Crippen LogP contribution in [-0.4, -0.2) is 53.1 Å². The van der Waals surface area contributed by atoms with Crippen LogP contribution in [0.1, 0.15) is 0 Å². The van der Waals surface area contributed by atoms with Crippen molar-refractivity contribution < 1.29 is 14.7 Å². The molecule has 1 heterocycles. The highest BCUT2D eigenvalue weighted by Gasteiger charge is 2.29. The lowest BCUT2D eigenvalue weighted by atomic mass is 10.3. The highest BCUT2D eigenvalue weighted by molar-refractivity contribution is 8.14. The summed E-state index contributed by atoms with van der Waals surface area (Å²) in [7, 11) is 1.60. The molecule has 0 radical (unpaired) electrons. The van der Waals surface area contributed by atoms with Crippen LogP contribution < -0.4 is 5.32 Å². The number of rotatable bonds is 3. The molecule has 0 aromatic rings. The first-order chi connectivity index (χ1) is 6.15. The quantitative estimate of drug-likeness (QED) is 0.635. The van der Waals surface area contributed by atoms with Crippen molar-refractivity contribution in [2.75, 3.05) is 26.0 Å². The molecule has 0 bridgehead atoms. The monoisotopic (exact) mass is 204 g/mol. The zero-order chi connectivity index (χ0) is 9.84. The topological polar surface area (TPSA) is 69.6 Å². The van der Waals surface area contributed by atoms with E-state index in [2.05, 4.69) is 5.32 Å². The fourth-order valence-electron chi connectivity index (χ4n) is 1.04. The summed E-state index contributed by atoms with van der Waals surface area (Å²) in [5.41, 5.74) is 0. The van der Waals surface area contributed by atoms with Gasteiger partial charge in [0.25, 0.3) is 5.24 Å². The molecule has 2 N–H and O–H groups in total. The van der Waals surface area contributed by atoms with Crippen molar-refractivity contribution >= 4 is 22.9 Å². The van der Waals surface area contributed by atoms with Crippen molar-refractivity contribution in [3.8, 4) is 0 Å². The minimum Gasteiger partial charge on any atom is -0.395 e. The SMILES string of the molecule is CN(CCO)C(=O)C1CSC(=O)N1. The van der Waals surface area contributed by atoms with Crippen molar-refractivity contribution in [1.29, 1.82) is 0 Å². The minimum atomic E-state index is -0.422. The van der Waals surface area contributed by atoms with E-state index in [1.165, 1.54) is 4.90 Å². The Kier molecular flexibility index (Phi) is 3.56. The molecule has 0 aromatic heterocycles. The van der Waals surface area contributed by atoms with Gasteiger partial charge in [0.05, 0.1) is 6.61 Å². The van der Waals surface area contributed by atoms with Crippen LogP contribution >= 0.6 is 11.8 Å². The molecule has 1 atom stereocenters. The van der Waals surface area contributed by atoms with Crippen LogP contribution in [0.2, 0.25) is 0 Å². The Morgan fingerprint density at radius 3 is 3.00 bits per heavy atom. The molecule has 1 fully saturated rings. The van der Waals surface area contributed by atoms with Crippen LogP contribution in [0.4, 0.5) is 4.79 Å². The third-order valence-electron chi connectivity index (χ3n) is 1.78. The Hall–Kier alpha value is -0.750. The number of aliphatic hydroxyl groups is 1. The number of carbonyl (C=O) groups is 2. The summed E-state index contributed by atoms with van der Waals surface area (Å²) in [6.45, 7) is 0.242. The standard InChI is InChI=1S/C7H12N2O3S/c1-9(2-3-10)6(11)5-4-13-7(12)8-5/h5,10H,2-4H2,1H3,(H,8,12). The van der Waals surface area contributed by atoms with Crippen molar-refractivity contribution in [2.45, 2.75) is 6.04 Å². The number of thioether (sulfide) groups is 1. The molecular formula is C7H12N2O3S. The molecule has 6 heteroatoms. The predicted molar refractivity (Wildman–Crippen MR) is 49.5 cm³/mol. The molecule has 13 heavy (non-hydrogen) atoms. The molecule has 2 amide bonds. The Morgan fingerprint density at radius 2 is 2.54 bits per heavy atom. The van der Waals surface area contributed by atoms with Gasteiger partial charge in [-0.15, -0.1) is 0 Å². The molecule has 0 aliphatic carbocycles. The van der Waals surface area contributed by atoms with E-state index in [0.717, 1.165) is 11.8 Å². The normalized spacial score (nSPS) is 21.4. The van der Waals surface area contributed by atoms with Gasteiger partial charge in [0.1, 0.15) is 6.04 Å². The van der Waals surface area contributed by atoms with E-state index in [4.69, 9.17) is 5.11 Å². The van der Waals surface area contributed by atoms with Crippen LogP contribution in [0, 0.1) is 0 Å². The first-order valence-corrected chi connectivity index (χ1v) is 4.93. The van der Waals surface area contributed by atoms with Crippen molar-refractivity contribution in [1.82, 2.24) is 10.2 Å². The second kappa shape index (κ2) is 4.48. The molecular weight excluding hydrogens is 192 g/mol. The Morgan fingerprint density at radius 1 is 1.85 bits per heavy atom. The molecule has 5 nitrogen and oxygen atoms in total. The smallest absolute Gasteiger partial charge is 0.279 e. The van der Waals surface area contributed by atoms with Gasteiger partial charge in [-0.25, -0.2) is 0 Å². The van der Waals surface area contributed by atoms with Crippen molar-refractivity contribution in [2.24, 2.45) is 0 Å². The molecule has 1 aliphatic heterocycles. The Bertz CT molecular complexity index is 222. The van der Waals surface area contributed by atoms with Crippen LogP contribution in [0.5, 0.6) is 0 Å². The van der Waals surface area contributed by atoms with E-state index in [9.17, 15) is 9.59 Å². The summed E-state index contributed by atoms with van der Waals surface area (Å²) in [6, 6.07) is -0.422. The third kappa shape index (κ3) is 2.60. The molecule has 1 rings (SSSR count). The fourth-order valence-corrected chi connectivity index (χ4v) is 1.81. The largest absolute Gasteiger partial charge is 0.395 e. The van der Waals surface area contributed by atoms with E-state index in [1.807, 2.05) is 0 Å². The molecule has 74 valence electrons. The number of nitrogens with zero attached hydrogens (tertiary/aromatic N) is 1. The van der Waals surface area contributed by atoms with Gasteiger partial charge in [0, 0.05) is 19.3 Å². The predicted octanol–water partition coefficient (Wildman–Crippen LogP) is -0.738. The first kappa shape index (κ1) is 10.3. The average Bonchev–Trinajstić information content (AvgIpc) is 2.51. The minimum absolute atomic E-state index is 0.0595.